The number of hydrogen-bond acceptors (Lipinski definition) is 7. The number of nitrogens with one attached hydrogen (secondary N) is 3. The molecule has 0 aromatic heterocycles. The van der Waals surface area contributed by atoms with Crippen molar-refractivity contribution in [1.29, 1.82) is 0 Å². The van der Waals surface area contributed by atoms with E-state index in [9.17, 15) is 29.1 Å². The van der Waals surface area contributed by atoms with Crippen molar-refractivity contribution in [3.05, 3.63) is 0 Å². The predicted octanol–water partition coefficient (Wildman–Crippen LogP) is -2.19. The molecule has 0 rings (SSSR count). The zero-order chi connectivity index (χ0) is 24.3. The minimum Gasteiger partial charge on any atom is -0.480 e. The van der Waals surface area contributed by atoms with Crippen molar-refractivity contribution in [3.63, 3.8) is 0 Å². The van der Waals surface area contributed by atoms with Gasteiger partial charge in [-0.1, -0.05) is 34.1 Å². The number of amides is 4. The Balaban J connectivity index is 5.46. The number of aliphatic carboxylic acids is 1. The normalized spacial score (nSPS) is 15.8. The van der Waals surface area contributed by atoms with Crippen molar-refractivity contribution < 1.29 is 34.2 Å². The molecule has 5 unspecified atom stereocenters. The lowest BCUT2D eigenvalue weighted by atomic mass is 9.96. The number of aliphatic hydroxyl groups excluding tert-OH is 1. The molecule has 0 radical (unpaired) electrons. The molecule has 31 heavy (non-hydrogen) atoms. The molecular weight excluding hydrogens is 410 g/mol. The lowest BCUT2D eigenvalue weighted by molar-refractivity contribution is -0.143. The van der Waals surface area contributed by atoms with E-state index in [-0.39, 0.29) is 24.7 Å². The molecule has 178 valence electrons. The zero-order valence-electron chi connectivity index (χ0n) is 18.4. The van der Waals surface area contributed by atoms with Crippen LogP contribution in [0.15, 0.2) is 0 Å². The molecule has 0 aromatic carbocycles. The summed E-state index contributed by atoms with van der Waals surface area (Å²) < 4.78 is 0. The highest BCUT2D eigenvalue weighted by Gasteiger charge is 2.33. The Kier molecular flexibility index (Phi) is 12.4. The highest BCUT2D eigenvalue weighted by molar-refractivity contribution is 5.94. The number of carboxylic acids is 1. The minimum atomic E-state index is -1.35. The number of carbonyl (C=O) groups excluding carboxylic acids is 4. The van der Waals surface area contributed by atoms with Crippen molar-refractivity contribution in [2.24, 2.45) is 23.3 Å². The molecule has 12 nitrogen and oxygen atoms in total. The number of hydrogen-bond donors (Lipinski definition) is 7. The van der Waals surface area contributed by atoms with E-state index in [0.717, 1.165) is 0 Å². The number of carboxylic acid groups (broad SMARTS) is 1. The third kappa shape index (κ3) is 9.75. The smallest absolute Gasteiger partial charge is 0.326 e. The summed E-state index contributed by atoms with van der Waals surface area (Å²) in [6.45, 7) is 6.25. The molecule has 0 saturated carbocycles. The molecule has 0 aliphatic heterocycles. The van der Waals surface area contributed by atoms with Gasteiger partial charge in [0.15, 0.2) is 0 Å². The van der Waals surface area contributed by atoms with Crippen LogP contribution in [-0.2, 0) is 24.0 Å². The van der Waals surface area contributed by atoms with Crippen LogP contribution in [0.5, 0.6) is 0 Å². The van der Waals surface area contributed by atoms with E-state index in [0.29, 0.717) is 6.42 Å². The first-order chi connectivity index (χ1) is 14.3. The van der Waals surface area contributed by atoms with E-state index in [1.807, 2.05) is 0 Å². The first kappa shape index (κ1) is 28.3. The van der Waals surface area contributed by atoms with E-state index in [1.54, 1.807) is 27.7 Å². The van der Waals surface area contributed by atoms with Crippen LogP contribution < -0.4 is 27.4 Å². The molecule has 0 heterocycles. The van der Waals surface area contributed by atoms with E-state index >= 15 is 0 Å². The highest BCUT2D eigenvalue weighted by atomic mass is 16.4. The molecule has 0 aliphatic rings. The first-order valence-corrected chi connectivity index (χ1v) is 10.1. The summed E-state index contributed by atoms with van der Waals surface area (Å²) in [5, 5.41) is 25.6. The summed E-state index contributed by atoms with van der Waals surface area (Å²) in [7, 11) is 0. The van der Waals surface area contributed by atoms with Gasteiger partial charge in [0.25, 0.3) is 0 Å². The Labute approximate surface area is 181 Å². The standard InChI is InChI=1S/C19H35N5O7/c1-5-10(4)15(18(29)22-12(19(30)31)6-7-13(21)26)24-17(28)14(9(2)3)23-16(27)11(20)8-25/h9-12,14-15,25H,5-8,20H2,1-4H3,(H2,21,26)(H,22,29)(H,23,27)(H,24,28)(H,30,31). The van der Waals surface area contributed by atoms with Gasteiger partial charge in [-0.3, -0.25) is 19.2 Å². The van der Waals surface area contributed by atoms with Gasteiger partial charge in [-0.25, -0.2) is 4.79 Å². The van der Waals surface area contributed by atoms with Crippen molar-refractivity contribution >= 4 is 29.6 Å². The van der Waals surface area contributed by atoms with Gasteiger partial charge in [0.1, 0.15) is 24.2 Å². The largest absolute Gasteiger partial charge is 0.480 e. The Bertz CT molecular complexity index is 656. The van der Waals surface area contributed by atoms with Crippen LogP contribution >= 0.6 is 0 Å². The Morgan fingerprint density at radius 3 is 1.84 bits per heavy atom. The maximum Gasteiger partial charge on any atom is 0.326 e. The zero-order valence-corrected chi connectivity index (χ0v) is 18.4. The van der Waals surface area contributed by atoms with Gasteiger partial charge >= 0.3 is 5.97 Å². The Morgan fingerprint density at radius 2 is 1.42 bits per heavy atom. The van der Waals surface area contributed by atoms with Gasteiger partial charge in [0.05, 0.1) is 6.61 Å². The van der Waals surface area contributed by atoms with Crippen LogP contribution in [0.1, 0.15) is 47.0 Å². The number of rotatable bonds is 14. The number of primary amides is 1. The van der Waals surface area contributed by atoms with Crippen LogP contribution in [0.3, 0.4) is 0 Å². The maximum absolute atomic E-state index is 12.8. The second-order valence-electron chi connectivity index (χ2n) is 7.80. The summed E-state index contributed by atoms with van der Waals surface area (Å²) in [6.07, 6.45) is 0.0664. The summed E-state index contributed by atoms with van der Waals surface area (Å²) in [5.41, 5.74) is 10.5. The first-order valence-electron chi connectivity index (χ1n) is 10.1. The second kappa shape index (κ2) is 13.5. The highest BCUT2D eigenvalue weighted by Crippen LogP contribution is 2.11. The molecule has 0 aromatic rings. The third-order valence-electron chi connectivity index (χ3n) is 4.87. The Morgan fingerprint density at radius 1 is 0.903 bits per heavy atom. The fourth-order valence-corrected chi connectivity index (χ4v) is 2.63. The number of aliphatic hydroxyl groups is 1. The third-order valence-corrected chi connectivity index (χ3v) is 4.87. The van der Waals surface area contributed by atoms with E-state index in [1.165, 1.54) is 0 Å². The lowest BCUT2D eigenvalue weighted by Gasteiger charge is -2.29. The van der Waals surface area contributed by atoms with E-state index in [4.69, 9.17) is 16.6 Å². The number of nitrogens with two attached hydrogens (primary N) is 2. The molecule has 0 spiro atoms. The van der Waals surface area contributed by atoms with Gasteiger partial charge in [-0.15, -0.1) is 0 Å². The van der Waals surface area contributed by atoms with Crippen molar-refractivity contribution in [2.45, 2.75) is 71.1 Å². The summed E-state index contributed by atoms with van der Waals surface area (Å²) >= 11 is 0. The lowest BCUT2D eigenvalue weighted by Crippen LogP contribution is -2.60. The summed E-state index contributed by atoms with van der Waals surface area (Å²) in [4.78, 5) is 59.9. The van der Waals surface area contributed by atoms with Crippen LogP contribution in [0, 0.1) is 11.8 Å². The average Bonchev–Trinajstić information content (AvgIpc) is 2.70. The fourth-order valence-electron chi connectivity index (χ4n) is 2.63. The molecule has 0 aliphatic carbocycles. The summed E-state index contributed by atoms with van der Waals surface area (Å²) in [6, 6.07) is -4.68. The van der Waals surface area contributed by atoms with E-state index in [2.05, 4.69) is 16.0 Å². The van der Waals surface area contributed by atoms with Crippen molar-refractivity contribution in [3.8, 4) is 0 Å². The molecule has 9 N–H and O–H groups in total. The monoisotopic (exact) mass is 445 g/mol. The van der Waals surface area contributed by atoms with Gasteiger partial charge in [-0.2, -0.15) is 0 Å². The molecule has 5 atom stereocenters. The second-order valence-corrected chi connectivity index (χ2v) is 7.80. The van der Waals surface area contributed by atoms with Crippen LogP contribution in [0.25, 0.3) is 0 Å². The minimum absolute atomic E-state index is 0.193. The van der Waals surface area contributed by atoms with E-state index < -0.39 is 60.4 Å². The summed E-state index contributed by atoms with van der Waals surface area (Å²) in [5.74, 6) is -4.88. The van der Waals surface area contributed by atoms with Gasteiger partial charge < -0.3 is 37.6 Å². The van der Waals surface area contributed by atoms with Crippen molar-refractivity contribution in [2.75, 3.05) is 6.61 Å². The van der Waals surface area contributed by atoms with Crippen molar-refractivity contribution in [1.82, 2.24) is 16.0 Å². The molecule has 0 bridgehead atoms. The SMILES string of the molecule is CCC(C)C(NC(=O)C(NC(=O)C(N)CO)C(C)C)C(=O)NC(CCC(N)=O)C(=O)O. The average molecular weight is 446 g/mol. The predicted molar refractivity (Wildman–Crippen MR) is 111 cm³/mol. The topological polar surface area (TPSA) is 214 Å². The van der Waals surface area contributed by atoms with Gasteiger partial charge in [-0.05, 0) is 18.3 Å². The maximum atomic E-state index is 12.8. The quantitative estimate of drug-likeness (QED) is 0.155. The fraction of sp³-hybridized carbons (Fsp3) is 0.737. The van der Waals surface area contributed by atoms with Gasteiger partial charge in [0.2, 0.25) is 23.6 Å². The molecule has 4 amide bonds. The number of carbonyl (C=O) groups is 5. The van der Waals surface area contributed by atoms with Crippen LogP contribution in [0.4, 0.5) is 0 Å². The molecule has 0 fully saturated rings. The molecule has 0 saturated heterocycles. The molecular formula is C19H35N5O7. The van der Waals surface area contributed by atoms with Crippen LogP contribution in [0.2, 0.25) is 0 Å². The van der Waals surface area contributed by atoms with Gasteiger partial charge in [0, 0.05) is 6.42 Å². The van der Waals surface area contributed by atoms with Crippen LogP contribution in [-0.4, -0.2) is 70.6 Å². The molecule has 12 heteroatoms. The Hall–Kier alpha value is -2.73.